The molecule has 2 rings (SSSR count). The van der Waals surface area contributed by atoms with Crippen LogP contribution in [0.25, 0.3) is 10.2 Å². The van der Waals surface area contributed by atoms with Crippen LogP contribution < -0.4 is 5.32 Å². The Morgan fingerprint density at radius 3 is 3.12 bits per heavy atom. The average molecular weight is 255 g/mol. The molecule has 2 aromatic rings. The molecular weight excluding hydrogens is 244 g/mol. The Bertz CT molecular complexity index is 524. The molecule has 0 radical (unpaired) electrons. The number of halogens is 1. The van der Waals surface area contributed by atoms with Crippen molar-refractivity contribution < 1.29 is 4.79 Å². The van der Waals surface area contributed by atoms with E-state index in [9.17, 15) is 4.79 Å². The van der Waals surface area contributed by atoms with E-state index in [1.807, 2.05) is 25.1 Å². The van der Waals surface area contributed by atoms with Gasteiger partial charge >= 0.3 is 0 Å². The average Bonchev–Trinajstić information content (AvgIpc) is 2.57. The summed E-state index contributed by atoms with van der Waals surface area (Å²) in [6.45, 7) is 1.97. The van der Waals surface area contributed by atoms with Gasteiger partial charge in [0.1, 0.15) is 0 Å². The van der Waals surface area contributed by atoms with Crippen LogP contribution in [0.3, 0.4) is 0 Å². The molecule has 0 unspecified atom stereocenters. The highest BCUT2D eigenvalue weighted by Crippen LogP contribution is 2.24. The molecule has 0 saturated carbocycles. The summed E-state index contributed by atoms with van der Waals surface area (Å²) in [6, 6.07) is 5.70. The Morgan fingerprint density at radius 2 is 2.38 bits per heavy atom. The van der Waals surface area contributed by atoms with Gasteiger partial charge in [-0.15, -0.1) is 22.9 Å². The number of hydrogen-bond donors (Lipinski definition) is 1. The number of thiazole rings is 1. The number of aromatic nitrogens is 1. The molecule has 1 amide bonds. The second-order valence-electron chi connectivity index (χ2n) is 3.40. The van der Waals surface area contributed by atoms with Gasteiger partial charge < -0.3 is 5.32 Å². The molecule has 1 aromatic heterocycles. The van der Waals surface area contributed by atoms with E-state index in [0.29, 0.717) is 12.3 Å². The molecule has 0 aliphatic carbocycles. The number of nitrogens with one attached hydrogen (secondary N) is 1. The first kappa shape index (κ1) is 11.4. The number of anilines is 1. The quantitative estimate of drug-likeness (QED) is 0.855. The smallest absolute Gasteiger partial charge is 0.225 e. The Morgan fingerprint density at radius 1 is 1.56 bits per heavy atom. The minimum atomic E-state index is -0.0596. The summed E-state index contributed by atoms with van der Waals surface area (Å²) in [5, 5.41) is 3.83. The summed E-state index contributed by atoms with van der Waals surface area (Å²) >= 11 is 7.11. The van der Waals surface area contributed by atoms with Gasteiger partial charge in [0.25, 0.3) is 0 Å². The molecule has 1 heterocycles. The van der Waals surface area contributed by atoms with E-state index in [4.69, 9.17) is 11.6 Å². The molecular formula is C11H11ClN2OS. The Balaban J connectivity index is 2.22. The first-order valence-corrected chi connectivity index (χ1v) is 6.27. The fraction of sp³-hybridized carbons (Fsp3) is 0.273. The third kappa shape index (κ3) is 2.51. The van der Waals surface area contributed by atoms with Crippen LogP contribution in [0.1, 0.15) is 11.4 Å². The van der Waals surface area contributed by atoms with E-state index in [2.05, 4.69) is 10.3 Å². The fourth-order valence-corrected chi connectivity index (χ4v) is 2.46. The number of nitrogens with zero attached hydrogens (tertiary/aromatic N) is 1. The van der Waals surface area contributed by atoms with Crippen LogP contribution in [0.2, 0.25) is 0 Å². The number of amides is 1. The molecule has 0 bridgehead atoms. The van der Waals surface area contributed by atoms with Crippen LogP contribution in [0.4, 0.5) is 5.69 Å². The predicted molar refractivity (Wildman–Crippen MR) is 68.3 cm³/mol. The zero-order valence-corrected chi connectivity index (χ0v) is 10.4. The Labute approximate surface area is 102 Å². The molecule has 0 aliphatic heterocycles. The largest absolute Gasteiger partial charge is 0.326 e. The van der Waals surface area contributed by atoms with E-state index < -0.39 is 0 Å². The maximum atomic E-state index is 11.3. The predicted octanol–water partition coefficient (Wildman–Crippen LogP) is 3.17. The van der Waals surface area contributed by atoms with E-state index in [1.54, 1.807) is 11.3 Å². The molecule has 16 heavy (non-hydrogen) atoms. The van der Waals surface area contributed by atoms with Gasteiger partial charge in [0.05, 0.1) is 15.2 Å². The molecule has 84 valence electrons. The van der Waals surface area contributed by atoms with Crippen molar-refractivity contribution in [2.75, 3.05) is 11.2 Å². The zero-order valence-electron chi connectivity index (χ0n) is 8.79. The number of carbonyl (C=O) groups is 1. The third-order valence-corrected chi connectivity index (χ3v) is 3.22. The minimum absolute atomic E-state index is 0.0596. The van der Waals surface area contributed by atoms with Gasteiger partial charge in [0.2, 0.25) is 5.91 Å². The molecule has 5 heteroatoms. The van der Waals surface area contributed by atoms with E-state index >= 15 is 0 Å². The number of benzene rings is 1. The maximum Gasteiger partial charge on any atom is 0.225 e. The second kappa shape index (κ2) is 4.80. The Hall–Kier alpha value is -1.13. The van der Waals surface area contributed by atoms with Crippen LogP contribution in [-0.2, 0) is 4.79 Å². The summed E-state index contributed by atoms with van der Waals surface area (Å²) in [4.78, 5) is 15.7. The molecule has 0 aliphatic rings. The first-order chi connectivity index (χ1) is 7.69. The van der Waals surface area contributed by atoms with Gasteiger partial charge in [0, 0.05) is 18.0 Å². The van der Waals surface area contributed by atoms with Crippen molar-refractivity contribution in [2.45, 2.75) is 13.3 Å². The highest BCUT2D eigenvalue weighted by molar-refractivity contribution is 7.18. The summed E-state index contributed by atoms with van der Waals surface area (Å²) in [5.41, 5.74) is 1.77. The highest BCUT2D eigenvalue weighted by atomic mass is 35.5. The van der Waals surface area contributed by atoms with Crippen molar-refractivity contribution in [3.05, 3.63) is 23.2 Å². The molecule has 1 N–H and O–H groups in total. The lowest BCUT2D eigenvalue weighted by atomic mass is 10.3. The molecule has 0 spiro atoms. The maximum absolute atomic E-state index is 11.3. The normalized spacial score (nSPS) is 10.6. The summed E-state index contributed by atoms with van der Waals surface area (Å²) < 4.78 is 1.08. The standard InChI is InChI=1S/C11H11ClN2OS/c1-7-13-9-3-2-8(6-10(9)16-7)14-11(15)4-5-12/h2-3,6H,4-5H2,1H3,(H,14,15). The zero-order chi connectivity index (χ0) is 11.5. The number of rotatable bonds is 3. The van der Waals surface area contributed by atoms with E-state index in [-0.39, 0.29) is 5.91 Å². The minimum Gasteiger partial charge on any atom is -0.326 e. The van der Waals surface area contributed by atoms with Crippen LogP contribution in [0, 0.1) is 6.92 Å². The third-order valence-electron chi connectivity index (χ3n) is 2.10. The van der Waals surface area contributed by atoms with Crippen molar-refractivity contribution in [2.24, 2.45) is 0 Å². The molecule has 1 aromatic carbocycles. The van der Waals surface area contributed by atoms with Crippen molar-refractivity contribution in [1.82, 2.24) is 4.98 Å². The van der Waals surface area contributed by atoms with Gasteiger partial charge in [-0.3, -0.25) is 4.79 Å². The summed E-state index contributed by atoms with van der Waals surface area (Å²) in [7, 11) is 0. The fourth-order valence-electron chi connectivity index (χ4n) is 1.43. The van der Waals surface area contributed by atoms with Crippen LogP contribution in [0.15, 0.2) is 18.2 Å². The van der Waals surface area contributed by atoms with Crippen LogP contribution in [0.5, 0.6) is 0 Å². The van der Waals surface area contributed by atoms with Crippen LogP contribution >= 0.6 is 22.9 Å². The molecule has 0 atom stereocenters. The molecule has 3 nitrogen and oxygen atoms in total. The monoisotopic (exact) mass is 254 g/mol. The number of hydrogen-bond acceptors (Lipinski definition) is 3. The van der Waals surface area contributed by atoms with Crippen molar-refractivity contribution in [3.63, 3.8) is 0 Å². The van der Waals surface area contributed by atoms with Gasteiger partial charge in [-0.25, -0.2) is 4.98 Å². The number of carbonyl (C=O) groups excluding carboxylic acids is 1. The lowest BCUT2D eigenvalue weighted by Gasteiger charge is -2.02. The van der Waals surface area contributed by atoms with Crippen molar-refractivity contribution in [1.29, 1.82) is 0 Å². The van der Waals surface area contributed by atoms with Gasteiger partial charge in [0.15, 0.2) is 0 Å². The Kier molecular flexibility index (Phi) is 3.41. The first-order valence-electron chi connectivity index (χ1n) is 4.92. The van der Waals surface area contributed by atoms with Gasteiger partial charge in [-0.05, 0) is 25.1 Å². The lowest BCUT2D eigenvalue weighted by molar-refractivity contribution is -0.115. The topological polar surface area (TPSA) is 42.0 Å². The molecule has 0 saturated heterocycles. The second-order valence-corrected chi connectivity index (χ2v) is 5.02. The van der Waals surface area contributed by atoms with Crippen LogP contribution in [-0.4, -0.2) is 16.8 Å². The van der Waals surface area contributed by atoms with E-state index in [0.717, 1.165) is 20.9 Å². The SMILES string of the molecule is Cc1nc2ccc(NC(=O)CCCl)cc2s1. The molecule has 0 fully saturated rings. The van der Waals surface area contributed by atoms with E-state index in [1.165, 1.54) is 0 Å². The van der Waals surface area contributed by atoms with Crippen molar-refractivity contribution >= 4 is 44.7 Å². The highest BCUT2D eigenvalue weighted by Gasteiger charge is 2.04. The van der Waals surface area contributed by atoms with Crippen molar-refractivity contribution in [3.8, 4) is 0 Å². The number of aryl methyl sites for hydroxylation is 1. The lowest BCUT2D eigenvalue weighted by Crippen LogP contribution is -2.11. The van der Waals surface area contributed by atoms with Gasteiger partial charge in [-0.1, -0.05) is 0 Å². The summed E-state index contributed by atoms with van der Waals surface area (Å²) in [6.07, 6.45) is 0.335. The summed E-state index contributed by atoms with van der Waals surface area (Å²) in [5.74, 6) is 0.281. The number of fused-ring (bicyclic) bond motifs is 1. The number of alkyl halides is 1. The van der Waals surface area contributed by atoms with Gasteiger partial charge in [-0.2, -0.15) is 0 Å².